The Kier molecular flexibility index (Phi) is 6.18. The van der Waals surface area contributed by atoms with Crippen LogP contribution in [-0.2, 0) is 16.0 Å². The minimum absolute atomic E-state index is 0.0260. The van der Waals surface area contributed by atoms with Crippen LogP contribution >= 0.6 is 0 Å². The molecule has 170 valence electrons. The minimum atomic E-state index is -0.318. The van der Waals surface area contributed by atoms with Crippen LogP contribution in [-0.4, -0.2) is 37.1 Å². The number of amides is 2. The molecule has 6 heteroatoms. The fraction of sp³-hybridized carbons (Fsp3) is 0.680. The fourth-order valence-corrected chi connectivity index (χ4v) is 6.81. The van der Waals surface area contributed by atoms with Crippen molar-refractivity contribution in [3.63, 3.8) is 0 Å². The molecule has 4 bridgehead atoms. The molecule has 0 saturated heterocycles. The van der Waals surface area contributed by atoms with E-state index in [9.17, 15) is 9.59 Å². The number of benzene rings is 1. The van der Waals surface area contributed by atoms with Crippen LogP contribution in [0.1, 0.15) is 64.9 Å². The zero-order chi connectivity index (χ0) is 22.1. The van der Waals surface area contributed by atoms with Crippen molar-refractivity contribution in [1.82, 2.24) is 10.6 Å². The van der Waals surface area contributed by atoms with Gasteiger partial charge >= 0.3 is 0 Å². The quantitative estimate of drug-likeness (QED) is 0.630. The van der Waals surface area contributed by atoms with E-state index in [1.165, 1.54) is 6.42 Å². The summed E-state index contributed by atoms with van der Waals surface area (Å²) in [5.74, 6) is 2.82. The third-order valence-corrected chi connectivity index (χ3v) is 7.29. The largest absolute Gasteiger partial charge is 0.490 e. The van der Waals surface area contributed by atoms with Gasteiger partial charge in [-0.2, -0.15) is 0 Å². The summed E-state index contributed by atoms with van der Waals surface area (Å²) < 4.78 is 11.4. The molecular formula is C25H36N2O4. The molecule has 4 aliphatic rings. The fourth-order valence-electron chi connectivity index (χ4n) is 6.81. The van der Waals surface area contributed by atoms with Crippen LogP contribution in [0.15, 0.2) is 18.2 Å². The lowest BCUT2D eigenvalue weighted by molar-refractivity contribution is -0.153. The van der Waals surface area contributed by atoms with Crippen molar-refractivity contribution in [2.75, 3.05) is 19.8 Å². The van der Waals surface area contributed by atoms with Crippen molar-refractivity contribution < 1.29 is 19.1 Å². The number of carbonyl (C=O) groups excluding carboxylic acids is 2. The van der Waals surface area contributed by atoms with Crippen molar-refractivity contribution in [3.05, 3.63) is 23.8 Å². The van der Waals surface area contributed by atoms with E-state index in [1.807, 2.05) is 32.0 Å². The van der Waals surface area contributed by atoms with Crippen LogP contribution < -0.4 is 20.1 Å². The molecule has 2 amide bonds. The Morgan fingerprint density at radius 1 is 1.03 bits per heavy atom. The van der Waals surface area contributed by atoms with Crippen LogP contribution in [0, 0.1) is 17.3 Å². The number of ether oxygens (including phenoxy) is 2. The van der Waals surface area contributed by atoms with Gasteiger partial charge in [0.1, 0.15) is 0 Å². The summed E-state index contributed by atoms with van der Waals surface area (Å²) >= 11 is 0. The smallest absolute Gasteiger partial charge is 0.226 e. The first-order valence-electron chi connectivity index (χ1n) is 11.8. The summed E-state index contributed by atoms with van der Waals surface area (Å²) in [5.41, 5.74) is 0.629. The standard InChI is InChI=1S/C25H36N2O4/c1-4-30-21-7-6-18(11-22(21)31-5-2)8-9-26-23(29)24-12-19-10-20(13-24)15-25(14-19,16-24)27-17(3)28/h6-7,11,19-20H,4-5,8-10,12-16H2,1-3H3,(H,26,29)(H,27,28). The van der Waals surface area contributed by atoms with Crippen molar-refractivity contribution in [3.8, 4) is 11.5 Å². The molecule has 2 atom stereocenters. The van der Waals surface area contributed by atoms with Gasteiger partial charge in [0.25, 0.3) is 0 Å². The highest BCUT2D eigenvalue weighted by Crippen LogP contribution is 2.61. The van der Waals surface area contributed by atoms with Crippen LogP contribution in [0.4, 0.5) is 0 Å². The molecule has 2 N–H and O–H groups in total. The van der Waals surface area contributed by atoms with E-state index in [2.05, 4.69) is 10.6 Å². The number of nitrogens with one attached hydrogen (secondary N) is 2. The molecule has 0 radical (unpaired) electrons. The van der Waals surface area contributed by atoms with Gasteiger partial charge in [-0.15, -0.1) is 0 Å². The topological polar surface area (TPSA) is 76.7 Å². The Labute approximate surface area is 185 Å². The first-order valence-corrected chi connectivity index (χ1v) is 11.8. The number of hydrogen-bond donors (Lipinski definition) is 2. The summed E-state index contributed by atoms with van der Waals surface area (Å²) in [4.78, 5) is 25.2. The third kappa shape index (κ3) is 4.53. The normalized spacial score (nSPS) is 30.7. The van der Waals surface area contributed by atoms with Crippen molar-refractivity contribution in [2.24, 2.45) is 17.3 Å². The lowest BCUT2D eigenvalue weighted by Gasteiger charge is -2.61. The van der Waals surface area contributed by atoms with Crippen molar-refractivity contribution >= 4 is 11.8 Å². The molecular weight excluding hydrogens is 392 g/mol. The van der Waals surface area contributed by atoms with E-state index in [0.29, 0.717) is 31.6 Å². The molecule has 0 aliphatic heterocycles. The predicted octanol–water partition coefficient (Wildman–Crippen LogP) is 3.62. The van der Waals surface area contributed by atoms with Gasteiger partial charge in [0.15, 0.2) is 11.5 Å². The van der Waals surface area contributed by atoms with E-state index in [4.69, 9.17) is 9.47 Å². The molecule has 0 spiro atoms. The zero-order valence-electron chi connectivity index (χ0n) is 19.1. The number of carbonyl (C=O) groups is 2. The van der Waals surface area contributed by atoms with E-state index in [0.717, 1.165) is 55.6 Å². The summed E-state index contributed by atoms with van der Waals surface area (Å²) in [6.45, 7) is 7.30. The molecule has 5 rings (SSSR count). The van der Waals surface area contributed by atoms with Gasteiger partial charge in [-0.05, 0) is 88.3 Å². The van der Waals surface area contributed by atoms with Crippen LogP contribution in [0.3, 0.4) is 0 Å². The summed E-state index contributed by atoms with van der Waals surface area (Å²) in [6.07, 6.45) is 6.74. The Balaban J connectivity index is 1.39. The summed E-state index contributed by atoms with van der Waals surface area (Å²) in [5, 5.41) is 6.46. The number of hydrogen-bond acceptors (Lipinski definition) is 4. The van der Waals surface area contributed by atoms with Crippen LogP contribution in [0.2, 0.25) is 0 Å². The van der Waals surface area contributed by atoms with Gasteiger partial charge in [-0.1, -0.05) is 6.07 Å². The van der Waals surface area contributed by atoms with Gasteiger partial charge in [-0.25, -0.2) is 0 Å². The van der Waals surface area contributed by atoms with Gasteiger partial charge in [-0.3, -0.25) is 9.59 Å². The predicted molar refractivity (Wildman–Crippen MR) is 119 cm³/mol. The molecule has 31 heavy (non-hydrogen) atoms. The summed E-state index contributed by atoms with van der Waals surface area (Å²) in [7, 11) is 0. The Morgan fingerprint density at radius 2 is 1.71 bits per heavy atom. The average Bonchev–Trinajstić information content (AvgIpc) is 2.68. The van der Waals surface area contributed by atoms with E-state index in [1.54, 1.807) is 6.92 Å². The average molecular weight is 429 g/mol. The van der Waals surface area contributed by atoms with Crippen LogP contribution in [0.5, 0.6) is 11.5 Å². The number of rotatable bonds is 9. The highest BCUT2D eigenvalue weighted by Gasteiger charge is 2.60. The molecule has 0 aromatic heterocycles. The first-order chi connectivity index (χ1) is 14.9. The molecule has 0 heterocycles. The highest BCUT2D eigenvalue weighted by atomic mass is 16.5. The zero-order valence-corrected chi connectivity index (χ0v) is 19.1. The molecule has 4 saturated carbocycles. The molecule has 2 unspecified atom stereocenters. The Hall–Kier alpha value is -2.24. The maximum absolute atomic E-state index is 13.4. The molecule has 6 nitrogen and oxygen atoms in total. The third-order valence-electron chi connectivity index (χ3n) is 7.29. The van der Waals surface area contributed by atoms with Gasteiger partial charge in [0.2, 0.25) is 11.8 Å². The van der Waals surface area contributed by atoms with Gasteiger partial charge in [0, 0.05) is 19.0 Å². The van der Waals surface area contributed by atoms with E-state index in [-0.39, 0.29) is 22.8 Å². The maximum atomic E-state index is 13.4. The van der Waals surface area contributed by atoms with Crippen molar-refractivity contribution in [2.45, 2.75) is 71.3 Å². The maximum Gasteiger partial charge on any atom is 0.226 e. The second-order valence-electron chi connectivity index (χ2n) is 9.86. The second kappa shape index (κ2) is 8.71. The Morgan fingerprint density at radius 3 is 2.35 bits per heavy atom. The monoisotopic (exact) mass is 428 g/mol. The second-order valence-corrected chi connectivity index (χ2v) is 9.86. The van der Waals surface area contributed by atoms with Crippen molar-refractivity contribution in [1.29, 1.82) is 0 Å². The van der Waals surface area contributed by atoms with Crippen LogP contribution in [0.25, 0.3) is 0 Å². The molecule has 4 fully saturated rings. The van der Waals surface area contributed by atoms with E-state index < -0.39 is 0 Å². The molecule has 1 aromatic carbocycles. The Bertz CT molecular complexity index is 823. The van der Waals surface area contributed by atoms with Gasteiger partial charge in [0.05, 0.1) is 18.6 Å². The minimum Gasteiger partial charge on any atom is -0.490 e. The SMILES string of the molecule is CCOc1ccc(CCNC(=O)C23CC4CC(CC(NC(C)=O)(C4)C2)C3)cc1OCC. The van der Waals surface area contributed by atoms with E-state index >= 15 is 0 Å². The first kappa shape index (κ1) is 22.0. The lowest BCUT2D eigenvalue weighted by atomic mass is 9.46. The van der Waals surface area contributed by atoms with Gasteiger partial charge < -0.3 is 20.1 Å². The lowest BCUT2D eigenvalue weighted by Crippen LogP contribution is -2.65. The highest BCUT2D eigenvalue weighted by molar-refractivity contribution is 5.84. The summed E-state index contributed by atoms with van der Waals surface area (Å²) in [6, 6.07) is 6.00. The molecule has 1 aromatic rings. The molecule has 4 aliphatic carbocycles.